The molecule has 1 N–H and O–H groups in total. The van der Waals surface area contributed by atoms with Gasteiger partial charge >= 0.3 is 12.1 Å². The first kappa shape index (κ1) is 22.5. The van der Waals surface area contributed by atoms with E-state index in [9.17, 15) is 9.59 Å². The molecule has 7 nitrogen and oxygen atoms in total. The number of carbonyl (C=O) groups excluding carboxylic acids is 2. The van der Waals surface area contributed by atoms with Gasteiger partial charge in [-0.1, -0.05) is 0 Å². The molecule has 1 aliphatic carbocycles. The number of ether oxygens (including phenoxy) is 3. The topological polar surface area (TPSA) is 86.8 Å². The lowest BCUT2D eigenvalue weighted by atomic mass is 9.95. The van der Waals surface area contributed by atoms with E-state index >= 15 is 0 Å². The van der Waals surface area contributed by atoms with E-state index in [1.807, 2.05) is 27.7 Å². The molecule has 158 valence electrons. The van der Waals surface area contributed by atoms with E-state index in [4.69, 9.17) is 14.2 Å². The first-order valence-electron chi connectivity index (χ1n) is 9.98. The van der Waals surface area contributed by atoms with Gasteiger partial charge in [0.05, 0.1) is 11.6 Å². The van der Waals surface area contributed by atoms with Crippen LogP contribution in [0.5, 0.6) is 5.88 Å². The van der Waals surface area contributed by atoms with Gasteiger partial charge in [-0.3, -0.25) is 0 Å². The molecule has 0 radical (unpaired) electrons. The van der Waals surface area contributed by atoms with Crippen LogP contribution in [0.1, 0.15) is 80.9 Å². The summed E-state index contributed by atoms with van der Waals surface area (Å²) in [7, 11) is 0. The minimum atomic E-state index is -0.493. The van der Waals surface area contributed by atoms with Gasteiger partial charge < -0.3 is 19.5 Å². The summed E-state index contributed by atoms with van der Waals surface area (Å²) in [4.78, 5) is 28.9. The van der Waals surface area contributed by atoms with Crippen molar-refractivity contribution in [2.75, 3.05) is 6.61 Å². The van der Waals surface area contributed by atoms with Crippen LogP contribution in [0.15, 0.2) is 0 Å². The van der Waals surface area contributed by atoms with Crippen molar-refractivity contribution < 1.29 is 23.8 Å². The molecule has 1 amide bonds. The SMILES string of the molecule is CCOC(=O)c1sc(C)nc1OC1CCCC(NC(=O)OC(C)(C)C)CCC1. The van der Waals surface area contributed by atoms with Crippen LogP contribution in [0.2, 0.25) is 0 Å². The zero-order valence-electron chi connectivity index (χ0n) is 17.5. The molecule has 1 fully saturated rings. The summed E-state index contributed by atoms with van der Waals surface area (Å²) < 4.78 is 16.5. The molecule has 0 saturated heterocycles. The molecule has 28 heavy (non-hydrogen) atoms. The zero-order chi connectivity index (χ0) is 20.7. The Morgan fingerprint density at radius 1 is 1.18 bits per heavy atom. The smallest absolute Gasteiger partial charge is 0.407 e. The third-order valence-corrected chi connectivity index (χ3v) is 5.25. The number of thiazole rings is 1. The summed E-state index contributed by atoms with van der Waals surface area (Å²) in [6.07, 6.45) is 4.95. The summed E-state index contributed by atoms with van der Waals surface area (Å²) in [6, 6.07) is 0.118. The Kier molecular flexibility index (Phi) is 8.10. The second-order valence-corrected chi connectivity index (χ2v) is 9.24. The van der Waals surface area contributed by atoms with E-state index in [1.165, 1.54) is 11.3 Å². The average molecular weight is 413 g/mol. The lowest BCUT2D eigenvalue weighted by molar-refractivity contribution is 0.0491. The van der Waals surface area contributed by atoms with Crippen molar-refractivity contribution in [2.45, 2.75) is 90.9 Å². The molecule has 8 heteroatoms. The Morgan fingerprint density at radius 2 is 1.82 bits per heavy atom. The number of hydrogen-bond donors (Lipinski definition) is 1. The third kappa shape index (κ3) is 7.30. The molecule has 1 heterocycles. The summed E-state index contributed by atoms with van der Waals surface area (Å²) in [5.74, 6) is 0.00511. The molecule has 1 aromatic rings. The van der Waals surface area contributed by atoms with Gasteiger partial charge in [0.15, 0.2) is 4.88 Å². The van der Waals surface area contributed by atoms with Crippen LogP contribution in [-0.4, -0.2) is 41.4 Å². The predicted molar refractivity (Wildman–Crippen MR) is 108 cm³/mol. The molecule has 2 rings (SSSR count). The zero-order valence-corrected chi connectivity index (χ0v) is 18.3. The monoisotopic (exact) mass is 412 g/mol. The van der Waals surface area contributed by atoms with Gasteiger partial charge in [-0.15, -0.1) is 11.3 Å². The maximum Gasteiger partial charge on any atom is 0.407 e. The molecule has 0 aromatic carbocycles. The van der Waals surface area contributed by atoms with Crippen molar-refractivity contribution in [3.05, 3.63) is 9.88 Å². The molecule has 0 atom stereocenters. The highest BCUT2D eigenvalue weighted by Crippen LogP contribution is 2.29. The Morgan fingerprint density at radius 3 is 2.39 bits per heavy atom. The fourth-order valence-corrected chi connectivity index (χ4v) is 3.93. The number of amides is 1. The highest BCUT2D eigenvalue weighted by atomic mass is 32.1. The van der Waals surface area contributed by atoms with Crippen LogP contribution >= 0.6 is 11.3 Å². The van der Waals surface area contributed by atoms with Gasteiger partial charge in [0.25, 0.3) is 0 Å². The van der Waals surface area contributed by atoms with Gasteiger partial charge in [0.2, 0.25) is 5.88 Å². The van der Waals surface area contributed by atoms with E-state index in [0.717, 1.165) is 43.5 Å². The molecule has 1 aromatic heterocycles. The van der Waals surface area contributed by atoms with Crippen LogP contribution in [0.25, 0.3) is 0 Å². The number of aryl methyl sites for hydroxylation is 1. The van der Waals surface area contributed by atoms with Gasteiger partial charge in [-0.05, 0) is 73.1 Å². The fraction of sp³-hybridized carbons (Fsp3) is 0.750. The van der Waals surface area contributed by atoms with E-state index < -0.39 is 5.60 Å². The summed E-state index contributed by atoms with van der Waals surface area (Å²) >= 11 is 1.30. The van der Waals surface area contributed by atoms with Crippen molar-refractivity contribution in [3.63, 3.8) is 0 Å². The first-order chi connectivity index (χ1) is 13.2. The Bertz CT molecular complexity index is 658. The van der Waals surface area contributed by atoms with Crippen LogP contribution in [-0.2, 0) is 9.47 Å². The molecule has 0 unspecified atom stereocenters. The number of rotatable bonds is 5. The number of hydrogen-bond acceptors (Lipinski definition) is 7. The average Bonchev–Trinajstić information content (AvgIpc) is 2.91. The maximum atomic E-state index is 12.1. The van der Waals surface area contributed by atoms with E-state index in [1.54, 1.807) is 6.92 Å². The number of aromatic nitrogens is 1. The molecule has 0 aliphatic heterocycles. The van der Waals surface area contributed by atoms with Crippen molar-refractivity contribution in [2.24, 2.45) is 0 Å². The van der Waals surface area contributed by atoms with E-state index in [2.05, 4.69) is 10.3 Å². The first-order valence-corrected chi connectivity index (χ1v) is 10.8. The minimum Gasteiger partial charge on any atom is -0.473 e. The molecular weight excluding hydrogens is 380 g/mol. The molecule has 1 saturated carbocycles. The van der Waals surface area contributed by atoms with Gasteiger partial charge in [-0.2, -0.15) is 0 Å². The van der Waals surface area contributed by atoms with Crippen molar-refractivity contribution in [3.8, 4) is 5.88 Å². The summed E-state index contributed by atoms with van der Waals surface area (Å²) in [6.45, 7) is 9.53. The lowest BCUT2D eigenvalue weighted by Crippen LogP contribution is -2.40. The highest BCUT2D eigenvalue weighted by molar-refractivity contribution is 7.13. The van der Waals surface area contributed by atoms with Crippen LogP contribution < -0.4 is 10.1 Å². The number of nitrogens with zero attached hydrogens (tertiary/aromatic N) is 1. The van der Waals surface area contributed by atoms with Crippen LogP contribution in [0.4, 0.5) is 4.79 Å². The predicted octanol–water partition coefficient (Wildman–Crippen LogP) is 4.62. The Labute approximate surface area is 171 Å². The van der Waals surface area contributed by atoms with Crippen molar-refractivity contribution in [1.82, 2.24) is 10.3 Å². The molecular formula is C20H32N2O5S. The number of nitrogens with one attached hydrogen (secondary N) is 1. The Balaban J connectivity index is 1.87. The number of esters is 1. The Hall–Kier alpha value is -1.83. The van der Waals surface area contributed by atoms with Crippen LogP contribution in [0.3, 0.4) is 0 Å². The number of alkyl carbamates (subject to hydrolysis) is 1. The van der Waals surface area contributed by atoms with Crippen LogP contribution in [0, 0.1) is 6.92 Å². The van der Waals surface area contributed by atoms with Gasteiger partial charge in [0.1, 0.15) is 11.7 Å². The third-order valence-electron chi connectivity index (χ3n) is 4.32. The normalized spacial score (nSPS) is 20.6. The van der Waals surface area contributed by atoms with Gasteiger partial charge in [0, 0.05) is 6.04 Å². The molecule has 1 aliphatic rings. The maximum absolute atomic E-state index is 12.1. The van der Waals surface area contributed by atoms with Crippen molar-refractivity contribution >= 4 is 23.4 Å². The summed E-state index contributed by atoms with van der Waals surface area (Å²) in [5.41, 5.74) is -0.493. The largest absolute Gasteiger partial charge is 0.473 e. The van der Waals surface area contributed by atoms with Gasteiger partial charge in [-0.25, -0.2) is 14.6 Å². The standard InChI is InChI=1S/C20H32N2O5S/c1-6-25-18(23)16-17(21-13(2)28-16)26-15-11-7-9-14(10-8-12-15)22-19(24)27-20(3,4)5/h14-15H,6-12H2,1-5H3,(H,22,24). The highest BCUT2D eigenvalue weighted by Gasteiger charge is 2.25. The second-order valence-electron chi connectivity index (χ2n) is 8.03. The van der Waals surface area contributed by atoms with E-state index in [0.29, 0.717) is 17.4 Å². The summed E-state index contributed by atoms with van der Waals surface area (Å²) in [5, 5.41) is 3.76. The quantitative estimate of drug-likeness (QED) is 0.710. The number of carbonyl (C=O) groups is 2. The van der Waals surface area contributed by atoms with Crippen molar-refractivity contribution in [1.29, 1.82) is 0 Å². The lowest BCUT2D eigenvalue weighted by Gasteiger charge is -2.27. The van der Waals surface area contributed by atoms with E-state index in [-0.39, 0.29) is 24.2 Å². The fourth-order valence-electron chi connectivity index (χ4n) is 3.18. The molecule has 0 spiro atoms. The molecule has 0 bridgehead atoms. The second kappa shape index (κ2) is 10.1. The minimum absolute atomic E-state index is 0.0113.